The van der Waals surface area contributed by atoms with E-state index in [1.165, 1.54) is 16.7 Å². The largest absolute Gasteiger partial charge is 0.296 e. The topological polar surface area (TPSA) is 22.8 Å². The van der Waals surface area contributed by atoms with Gasteiger partial charge in [-0.3, -0.25) is 4.57 Å². The van der Waals surface area contributed by atoms with Gasteiger partial charge in [0.15, 0.2) is 5.82 Å². The van der Waals surface area contributed by atoms with Crippen LogP contribution in [0.25, 0.3) is 11.8 Å². The Balaban J connectivity index is 1.55. The maximum Gasteiger partial charge on any atom is 0.203 e. The van der Waals surface area contributed by atoms with Gasteiger partial charge in [-0.25, -0.2) is 4.68 Å². The van der Waals surface area contributed by atoms with Crippen molar-refractivity contribution in [3.63, 3.8) is 0 Å². The summed E-state index contributed by atoms with van der Waals surface area (Å²) in [6, 6.07) is 29.1. The van der Waals surface area contributed by atoms with Gasteiger partial charge in [0.25, 0.3) is 0 Å². The standard InChI is InChI=1S/C27H25N3S2/c1-22-15-17-25(18-16-22)30-27(31)29(20-23-10-4-2-5-11-23)26(28-30)14-8-9-19-32-21-24-12-6-3-7-13-24/h2-19H,20-21H2,1H3/b14-8-,19-9+. The van der Waals surface area contributed by atoms with Crippen molar-refractivity contribution in [2.75, 3.05) is 0 Å². The van der Waals surface area contributed by atoms with E-state index >= 15 is 0 Å². The van der Waals surface area contributed by atoms with E-state index in [0.29, 0.717) is 11.3 Å². The predicted molar refractivity (Wildman–Crippen MR) is 139 cm³/mol. The van der Waals surface area contributed by atoms with E-state index in [4.69, 9.17) is 17.3 Å². The number of aryl methyl sites for hydroxylation is 1. The average Bonchev–Trinajstić information content (AvgIpc) is 3.13. The first kappa shape index (κ1) is 22.1. The molecule has 4 aromatic rings. The van der Waals surface area contributed by atoms with Crippen molar-refractivity contribution in [2.45, 2.75) is 19.2 Å². The van der Waals surface area contributed by atoms with Gasteiger partial charge in [0, 0.05) is 5.75 Å². The number of thioether (sulfide) groups is 1. The molecule has 0 aliphatic heterocycles. The predicted octanol–water partition coefficient (Wildman–Crippen LogP) is 7.22. The first-order valence-corrected chi connectivity index (χ1v) is 12.0. The molecule has 5 heteroatoms. The Labute approximate surface area is 198 Å². The fourth-order valence-corrected chi connectivity index (χ4v) is 4.25. The molecule has 160 valence electrons. The third-order valence-corrected chi connectivity index (χ3v) is 6.22. The Morgan fingerprint density at radius 1 is 0.844 bits per heavy atom. The Morgan fingerprint density at radius 3 is 2.19 bits per heavy atom. The fourth-order valence-electron chi connectivity index (χ4n) is 3.26. The second-order valence-electron chi connectivity index (χ2n) is 7.44. The van der Waals surface area contributed by atoms with Crippen molar-refractivity contribution < 1.29 is 0 Å². The molecule has 0 saturated carbocycles. The lowest BCUT2D eigenvalue weighted by atomic mass is 10.2. The number of benzene rings is 3. The van der Waals surface area contributed by atoms with E-state index < -0.39 is 0 Å². The highest BCUT2D eigenvalue weighted by Gasteiger charge is 2.10. The van der Waals surface area contributed by atoms with Gasteiger partial charge in [0.1, 0.15) is 0 Å². The summed E-state index contributed by atoms with van der Waals surface area (Å²) in [5.41, 5.74) is 4.69. The maximum atomic E-state index is 5.81. The van der Waals surface area contributed by atoms with Crippen LogP contribution in [-0.2, 0) is 12.3 Å². The van der Waals surface area contributed by atoms with Crippen LogP contribution < -0.4 is 0 Å². The molecule has 1 heterocycles. The summed E-state index contributed by atoms with van der Waals surface area (Å²) in [6.07, 6.45) is 6.09. The summed E-state index contributed by atoms with van der Waals surface area (Å²) >= 11 is 7.58. The van der Waals surface area contributed by atoms with Crippen molar-refractivity contribution in [1.29, 1.82) is 0 Å². The summed E-state index contributed by atoms with van der Waals surface area (Å²) in [5.74, 6) is 1.79. The van der Waals surface area contributed by atoms with Crippen LogP contribution in [0.3, 0.4) is 0 Å². The summed E-state index contributed by atoms with van der Waals surface area (Å²) < 4.78 is 4.59. The van der Waals surface area contributed by atoms with Crippen LogP contribution >= 0.6 is 24.0 Å². The molecule has 0 aliphatic carbocycles. The van der Waals surface area contributed by atoms with Gasteiger partial charge >= 0.3 is 0 Å². The van der Waals surface area contributed by atoms with Gasteiger partial charge in [-0.1, -0.05) is 90.5 Å². The summed E-state index contributed by atoms with van der Waals surface area (Å²) in [5, 5.41) is 6.93. The van der Waals surface area contributed by atoms with E-state index in [9.17, 15) is 0 Å². The number of hydrogen-bond acceptors (Lipinski definition) is 3. The number of allylic oxidation sites excluding steroid dienone is 2. The van der Waals surface area contributed by atoms with E-state index in [2.05, 4.69) is 83.6 Å². The Morgan fingerprint density at radius 2 is 1.50 bits per heavy atom. The van der Waals surface area contributed by atoms with Gasteiger partial charge in [0.05, 0.1) is 12.2 Å². The van der Waals surface area contributed by atoms with Gasteiger partial charge < -0.3 is 0 Å². The lowest BCUT2D eigenvalue weighted by Crippen LogP contribution is -2.03. The highest BCUT2D eigenvalue weighted by molar-refractivity contribution is 8.01. The zero-order chi connectivity index (χ0) is 22.2. The number of hydrogen-bond donors (Lipinski definition) is 0. The molecule has 0 N–H and O–H groups in total. The SMILES string of the molecule is Cc1ccc(-n2nc(/C=C\C=C\SCc3ccccc3)n(Cc3ccccc3)c2=S)cc1. The number of rotatable bonds is 8. The van der Waals surface area contributed by atoms with Crippen molar-refractivity contribution >= 4 is 30.1 Å². The van der Waals surface area contributed by atoms with Crippen molar-refractivity contribution in [2.24, 2.45) is 0 Å². The van der Waals surface area contributed by atoms with E-state index in [-0.39, 0.29) is 0 Å². The third kappa shape index (κ3) is 5.75. The van der Waals surface area contributed by atoms with Crippen molar-refractivity contribution in [3.8, 4) is 5.69 Å². The first-order chi connectivity index (χ1) is 15.7. The Bertz CT molecular complexity index is 1250. The highest BCUT2D eigenvalue weighted by Crippen LogP contribution is 2.16. The summed E-state index contributed by atoms with van der Waals surface area (Å²) in [6.45, 7) is 2.76. The molecule has 0 spiro atoms. The molecular weight excluding hydrogens is 430 g/mol. The molecule has 0 saturated heterocycles. The molecule has 0 unspecified atom stereocenters. The van der Waals surface area contributed by atoms with Crippen molar-refractivity contribution in [1.82, 2.24) is 14.3 Å². The van der Waals surface area contributed by atoms with Gasteiger partial charge in [0.2, 0.25) is 4.77 Å². The molecule has 3 aromatic carbocycles. The van der Waals surface area contributed by atoms with Crippen LogP contribution in [-0.4, -0.2) is 14.3 Å². The van der Waals surface area contributed by atoms with Crippen LogP contribution in [0.15, 0.2) is 102 Å². The minimum Gasteiger partial charge on any atom is -0.296 e. The van der Waals surface area contributed by atoms with Gasteiger partial charge in [-0.2, -0.15) is 0 Å². The third-order valence-electron chi connectivity index (χ3n) is 4.98. The molecule has 1 aromatic heterocycles. The Kier molecular flexibility index (Phi) is 7.54. The Hall–Kier alpha value is -3.15. The lowest BCUT2D eigenvalue weighted by molar-refractivity contribution is 0.762. The van der Waals surface area contributed by atoms with E-state index in [1.54, 1.807) is 11.8 Å². The van der Waals surface area contributed by atoms with E-state index in [1.807, 2.05) is 41.1 Å². The minimum atomic E-state index is 0.678. The van der Waals surface area contributed by atoms with Gasteiger partial charge in [-0.15, -0.1) is 16.9 Å². The molecule has 0 amide bonds. The lowest BCUT2D eigenvalue weighted by Gasteiger charge is -2.05. The van der Waals surface area contributed by atoms with Crippen LogP contribution in [0.4, 0.5) is 0 Å². The molecule has 32 heavy (non-hydrogen) atoms. The maximum absolute atomic E-state index is 5.81. The highest BCUT2D eigenvalue weighted by atomic mass is 32.2. The zero-order valence-electron chi connectivity index (χ0n) is 18.0. The number of nitrogens with zero attached hydrogens (tertiary/aromatic N) is 3. The molecule has 0 radical (unpaired) electrons. The normalized spacial score (nSPS) is 11.5. The number of aromatic nitrogens is 3. The molecule has 0 aliphatic rings. The first-order valence-electron chi connectivity index (χ1n) is 10.5. The van der Waals surface area contributed by atoms with E-state index in [0.717, 1.165) is 17.3 Å². The second kappa shape index (κ2) is 10.9. The molecule has 0 atom stereocenters. The smallest absolute Gasteiger partial charge is 0.203 e. The quantitative estimate of drug-likeness (QED) is 0.207. The summed E-state index contributed by atoms with van der Waals surface area (Å²) in [7, 11) is 0. The molecule has 0 fully saturated rings. The van der Waals surface area contributed by atoms with Crippen LogP contribution in [0.1, 0.15) is 22.5 Å². The van der Waals surface area contributed by atoms with Crippen molar-refractivity contribution in [3.05, 3.63) is 130 Å². The molecule has 3 nitrogen and oxygen atoms in total. The zero-order valence-corrected chi connectivity index (χ0v) is 19.6. The van der Waals surface area contributed by atoms with Gasteiger partial charge in [-0.05, 0) is 53.9 Å². The van der Waals surface area contributed by atoms with Crippen LogP contribution in [0.2, 0.25) is 0 Å². The molecule has 4 rings (SSSR count). The average molecular weight is 456 g/mol. The monoisotopic (exact) mass is 455 g/mol. The fraction of sp³-hybridized carbons (Fsp3) is 0.111. The molecule has 0 bridgehead atoms. The summed E-state index contributed by atoms with van der Waals surface area (Å²) in [4.78, 5) is 0. The minimum absolute atomic E-state index is 0.678. The molecular formula is C27H25N3S2. The second-order valence-corrected chi connectivity index (χ2v) is 8.70. The van der Waals surface area contributed by atoms with Crippen LogP contribution in [0, 0.1) is 11.7 Å². The van der Waals surface area contributed by atoms with Crippen LogP contribution in [0.5, 0.6) is 0 Å².